The van der Waals surface area contributed by atoms with Gasteiger partial charge in [-0.05, 0) is 43.2 Å². The predicted molar refractivity (Wildman–Crippen MR) is 95.6 cm³/mol. The Morgan fingerprint density at radius 2 is 1.75 bits per heavy atom. The number of nitro benzene ring substituents is 1. The Hall–Kier alpha value is -2.34. The molecule has 0 heterocycles. The number of carbonyl (C=O) groups is 1. The van der Waals surface area contributed by atoms with Gasteiger partial charge in [0, 0.05) is 21.9 Å². The van der Waals surface area contributed by atoms with E-state index in [1.54, 1.807) is 12.1 Å². The summed E-state index contributed by atoms with van der Waals surface area (Å²) in [6.45, 7) is 0. The van der Waals surface area contributed by atoms with Gasteiger partial charge in [-0.3, -0.25) is 14.9 Å². The molecule has 0 spiro atoms. The Morgan fingerprint density at radius 1 is 1.08 bits per heavy atom. The van der Waals surface area contributed by atoms with Crippen LogP contribution >= 0.6 is 11.8 Å². The summed E-state index contributed by atoms with van der Waals surface area (Å²) < 4.78 is 0. The molecule has 0 bridgehead atoms. The van der Waals surface area contributed by atoms with E-state index in [0.29, 0.717) is 10.9 Å². The fourth-order valence-corrected chi connectivity index (χ4v) is 4.09. The molecule has 1 aliphatic rings. The summed E-state index contributed by atoms with van der Waals surface area (Å²) in [4.78, 5) is 23.9. The van der Waals surface area contributed by atoms with E-state index in [1.165, 1.54) is 42.7 Å². The van der Waals surface area contributed by atoms with Crippen LogP contribution in [0.4, 0.5) is 11.4 Å². The number of nitrogens with one attached hydrogen (secondary N) is 1. The summed E-state index contributed by atoms with van der Waals surface area (Å²) in [5, 5.41) is 14.4. The number of carbonyl (C=O) groups excluding carboxylic acids is 1. The lowest BCUT2D eigenvalue weighted by Crippen LogP contribution is -2.13. The monoisotopic (exact) mass is 342 g/mol. The van der Waals surface area contributed by atoms with Gasteiger partial charge in [-0.25, -0.2) is 0 Å². The normalized spacial score (nSPS) is 14.5. The van der Waals surface area contributed by atoms with E-state index in [9.17, 15) is 14.9 Å². The minimum Gasteiger partial charge on any atom is -0.322 e. The average molecular weight is 342 g/mol. The maximum absolute atomic E-state index is 12.3. The number of thioether (sulfide) groups is 1. The lowest BCUT2D eigenvalue weighted by atomic mass is 10.1. The zero-order chi connectivity index (χ0) is 16.9. The largest absolute Gasteiger partial charge is 0.322 e. The number of nitrogens with zero attached hydrogens (tertiary/aromatic N) is 1. The second-order valence-electron chi connectivity index (χ2n) is 5.78. The molecule has 6 heteroatoms. The third kappa shape index (κ3) is 3.94. The van der Waals surface area contributed by atoms with E-state index < -0.39 is 10.8 Å². The summed E-state index contributed by atoms with van der Waals surface area (Å²) in [6, 6.07) is 13.6. The number of hydrogen-bond donors (Lipinski definition) is 1. The quantitative estimate of drug-likeness (QED) is 0.621. The molecule has 0 aromatic heterocycles. The third-order valence-electron chi connectivity index (χ3n) is 4.06. The lowest BCUT2D eigenvalue weighted by molar-refractivity contribution is -0.385. The summed E-state index contributed by atoms with van der Waals surface area (Å²) in [6.07, 6.45) is 5.14. The first kappa shape index (κ1) is 16.5. The molecule has 0 unspecified atom stereocenters. The van der Waals surface area contributed by atoms with Gasteiger partial charge in [0.25, 0.3) is 11.6 Å². The Balaban J connectivity index is 1.67. The summed E-state index contributed by atoms with van der Waals surface area (Å²) >= 11 is 1.88. The molecular formula is C18H18N2O3S. The van der Waals surface area contributed by atoms with Crippen LogP contribution < -0.4 is 5.32 Å². The first-order valence-corrected chi connectivity index (χ1v) is 8.83. The maximum atomic E-state index is 12.3. The highest BCUT2D eigenvalue weighted by atomic mass is 32.2. The van der Waals surface area contributed by atoms with Crippen molar-refractivity contribution in [3.63, 3.8) is 0 Å². The smallest absolute Gasteiger partial charge is 0.282 e. The third-order valence-corrected chi connectivity index (χ3v) is 5.41. The van der Waals surface area contributed by atoms with Crippen LogP contribution in [0.5, 0.6) is 0 Å². The lowest BCUT2D eigenvalue weighted by Gasteiger charge is -2.10. The van der Waals surface area contributed by atoms with Crippen molar-refractivity contribution in [3.8, 4) is 0 Å². The number of anilines is 1. The number of benzene rings is 2. The molecule has 1 amide bonds. The molecule has 0 aliphatic heterocycles. The van der Waals surface area contributed by atoms with E-state index in [2.05, 4.69) is 5.32 Å². The van der Waals surface area contributed by atoms with Gasteiger partial charge in [-0.2, -0.15) is 0 Å². The van der Waals surface area contributed by atoms with Crippen molar-refractivity contribution in [1.82, 2.24) is 0 Å². The van der Waals surface area contributed by atoms with Crippen molar-refractivity contribution in [2.45, 2.75) is 35.8 Å². The highest BCUT2D eigenvalue weighted by molar-refractivity contribution is 8.00. The molecule has 3 rings (SSSR count). The zero-order valence-electron chi connectivity index (χ0n) is 13.1. The highest BCUT2D eigenvalue weighted by Gasteiger charge is 2.19. The van der Waals surface area contributed by atoms with E-state index >= 15 is 0 Å². The molecule has 0 saturated heterocycles. The van der Waals surface area contributed by atoms with Crippen LogP contribution in [-0.4, -0.2) is 16.1 Å². The van der Waals surface area contributed by atoms with Crippen LogP contribution in [0.25, 0.3) is 0 Å². The van der Waals surface area contributed by atoms with Gasteiger partial charge in [0.2, 0.25) is 0 Å². The molecule has 5 nitrogen and oxygen atoms in total. The maximum Gasteiger partial charge on any atom is 0.282 e. The van der Waals surface area contributed by atoms with Gasteiger partial charge >= 0.3 is 0 Å². The Kier molecular flexibility index (Phi) is 5.15. The molecule has 1 aliphatic carbocycles. The van der Waals surface area contributed by atoms with Gasteiger partial charge in [-0.1, -0.05) is 25.0 Å². The van der Waals surface area contributed by atoms with Crippen LogP contribution in [0.15, 0.2) is 53.4 Å². The van der Waals surface area contributed by atoms with E-state index in [-0.39, 0.29) is 11.3 Å². The minimum atomic E-state index is -0.545. The molecule has 0 atom stereocenters. The molecule has 1 N–H and O–H groups in total. The number of hydrogen-bond acceptors (Lipinski definition) is 4. The van der Waals surface area contributed by atoms with Crippen LogP contribution in [0, 0.1) is 10.1 Å². The topological polar surface area (TPSA) is 72.2 Å². The van der Waals surface area contributed by atoms with Crippen molar-refractivity contribution in [3.05, 3.63) is 64.2 Å². The van der Waals surface area contributed by atoms with Gasteiger partial charge in [0.15, 0.2) is 0 Å². The second-order valence-corrected chi connectivity index (χ2v) is 7.15. The molecule has 124 valence electrons. The first-order chi connectivity index (χ1) is 11.6. The Morgan fingerprint density at radius 3 is 2.42 bits per heavy atom. The van der Waals surface area contributed by atoms with Crippen molar-refractivity contribution in [2.75, 3.05) is 5.32 Å². The van der Waals surface area contributed by atoms with Crippen LogP contribution in [0.2, 0.25) is 0 Å². The molecule has 1 fully saturated rings. The van der Waals surface area contributed by atoms with Crippen molar-refractivity contribution < 1.29 is 9.72 Å². The molecule has 2 aromatic rings. The average Bonchev–Trinajstić information content (AvgIpc) is 3.09. The second kappa shape index (κ2) is 7.49. The molecular weight excluding hydrogens is 324 g/mol. The molecule has 1 saturated carbocycles. The van der Waals surface area contributed by atoms with Gasteiger partial charge < -0.3 is 5.32 Å². The summed E-state index contributed by atoms with van der Waals surface area (Å²) in [5.74, 6) is -0.474. The molecule has 0 radical (unpaired) electrons. The van der Waals surface area contributed by atoms with Crippen LogP contribution in [-0.2, 0) is 0 Å². The first-order valence-electron chi connectivity index (χ1n) is 7.95. The molecule has 2 aromatic carbocycles. The fourth-order valence-electron chi connectivity index (χ4n) is 2.84. The highest BCUT2D eigenvalue weighted by Crippen LogP contribution is 2.35. The molecule has 24 heavy (non-hydrogen) atoms. The fraction of sp³-hybridized carbons (Fsp3) is 0.278. The van der Waals surface area contributed by atoms with Crippen molar-refractivity contribution in [2.24, 2.45) is 0 Å². The van der Waals surface area contributed by atoms with Gasteiger partial charge in [-0.15, -0.1) is 11.8 Å². The van der Waals surface area contributed by atoms with Gasteiger partial charge in [0.05, 0.1) is 4.92 Å². The SMILES string of the molecule is O=C(Nc1ccc(SC2CCCC2)cc1)c1ccccc1[N+](=O)[O-]. The van der Waals surface area contributed by atoms with Crippen LogP contribution in [0.3, 0.4) is 0 Å². The minimum absolute atomic E-state index is 0.0620. The van der Waals surface area contributed by atoms with Gasteiger partial charge in [0.1, 0.15) is 5.56 Å². The summed E-state index contributed by atoms with van der Waals surface area (Å²) in [5.41, 5.74) is 0.504. The zero-order valence-corrected chi connectivity index (χ0v) is 13.9. The number of rotatable bonds is 5. The van der Waals surface area contributed by atoms with E-state index in [4.69, 9.17) is 0 Å². The van der Waals surface area contributed by atoms with Crippen molar-refractivity contribution >= 4 is 29.0 Å². The standard InChI is InChI=1S/C18H18N2O3S/c21-18(16-7-3-4-8-17(16)20(22)23)19-13-9-11-15(12-10-13)24-14-5-1-2-6-14/h3-4,7-12,14H,1-2,5-6H2,(H,19,21). The number of nitro groups is 1. The Labute approximate surface area is 144 Å². The predicted octanol–water partition coefficient (Wildman–Crippen LogP) is 4.88. The van der Waals surface area contributed by atoms with Crippen LogP contribution in [0.1, 0.15) is 36.0 Å². The van der Waals surface area contributed by atoms with E-state index in [1.807, 2.05) is 36.0 Å². The number of para-hydroxylation sites is 1. The van der Waals surface area contributed by atoms with Crippen molar-refractivity contribution in [1.29, 1.82) is 0 Å². The Bertz CT molecular complexity index is 740. The van der Waals surface area contributed by atoms with E-state index in [0.717, 1.165) is 0 Å². The number of amides is 1. The summed E-state index contributed by atoms with van der Waals surface area (Å²) in [7, 11) is 0.